The van der Waals surface area contributed by atoms with Gasteiger partial charge in [0, 0.05) is 25.0 Å². The van der Waals surface area contributed by atoms with Crippen LogP contribution in [0.1, 0.15) is 74.2 Å². The van der Waals surface area contributed by atoms with E-state index in [0.29, 0.717) is 13.2 Å². The van der Waals surface area contributed by atoms with Gasteiger partial charge in [0.1, 0.15) is 17.7 Å². The van der Waals surface area contributed by atoms with Crippen LogP contribution in [0, 0.1) is 5.41 Å². The van der Waals surface area contributed by atoms with E-state index >= 15 is 0 Å². The second-order valence-electron chi connectivity index (χ2n) is 8.76. The van der Waals surface area contributed by atoms with Gasteiger partial charge in [-0.1, -0.05) is 20.8 Å². The van der Waals surface area contributed by atoms with Crippen molar-refractivity contribution in [2.75, 3.05) is 13.2 Å². The van der Waals surface area contributed by atoms with E-state index in [1.165, 1.54) is 0 Å². The molecule has 158 valence electrons. The number of nitrogens with zero attached hydrogens (tertiary/aromatic N) is 3. The summed E-state index contributed by atoms with van der Waals surface area (Å²) in [6, 6.07) is 0. The van der Waals surface area contributed by atoms with Gasteiger partial charge in [-0.05, 0) is 47.0 Å². The van der Waals surface area contributed by atoms with Gasteiger partial charge in [0.15, 0.2) is 0 Å². The maximum Gasteiger partial charge on any atom is 0.350 e. The van der Waals surface area contributed by atoms with E-state index in [1.54, 1.807) is 11.3 Å². The lowest BCUT2D eigenvalue weighted by atomic mass is 9.94. The van der Waals surface area contributed by atoms with Crippen LogP contribution in [0.5, 0.6) is 0 Å². The summed E-state index contributed by atoms with van der Waals surface area (Å²) in [5.41, 5.74) is -0.865. The normalized spacial score (nSPS) is 16.0. The molecule has 1 aromatic heterocycles. The van der Waals surface area contributed by atoms with Gasteiger partial charge >= 0.3 is 7.60 Å². The van der Waals surface area contributed by atoms with Gasteiger partial charge in [-0.2, -0.15) is 5.06 Å². The SMILES string of the molecule is CCOP(=O)(OCC)C(N(OC(C)c1nccn1C)C(C)(C)C)C(C)(C)C. The molecule has 1 aromatic rings. The molecule has 8 heteroatoms. The molecular weight excluding hydrogens is 365 g/mol. The van der Waals surface area contributed by atoms with E-state index < -0.39 is 24.3 Å². The zero-order valence-electron chi connectivity index (χ0n) is 18.6. The molecule has 2 unspecified atom stereocenters. The first kappa shape index (κ1) is 24.3. The average Bonchev–Trinajstić information content (AvgIpc) is 2.90. The first-order chi connectivity index (χ1) is 12.3. The van der Waals surface area contributed by atoms with Crippen LogP contribution in [0.25, 0.3) is 0 Å². The molecule has 1 rings (SSSR count). The van der Waals surface area contributed by atoms with Gasteiger partial charge in [0.2, 0.25) is 0 Å². The Hall–Kier alpha value is -0.720. The largest absolute Gasteiger partial charge is 0.350 e. The number of rotatable bonds is 9. The summed E-state index contributed by atoms with van der Waals surface area (Å²) in [7, 11) is -1.55. The lowest BCUT2D eigenvalue weighted by molar-refractivity contribution is -0.266. The van der Waals surface area contributed by atoms with Gasteiger partial charge in [-0.3, -0.25) is 9.40 Å². The van der Waals surface area contributed by atoms with Crippen molar-refractivity contribution >= 4 is 7.60 Å². The second kappa shape index (κ2) is 9.19. The highest BCUT2D eigenvalue weighted by Crippen LogP contribution is 2.61. The van der Waals surface area contributed by atoms with Crippen LogP contribution in [-0.2, 0) is 25.5 Å². The summed E-state index contributed by atoms with van der Waals surface area (Å²) in [5.74, 6) is 0.201. The Morgan fingerprint density at radius 1 is 1.15 bits per heavy atom. The molecule has 0 aliphatic rings. The topological polar surface area (TPSA) is 65.8 Å². The zero-order chi connectivity index (χ0) is 21.0. The fourth-order valence-electron chi connectivity index (χ4n) is 3.06. The van der Waals surface area contributed by atoms with E-state index in [2.05, 4.69) is 4.98 Å². The molecule has 2 atom stereocenters. The number of hydroxylamine groups is 2. The third-order valence-corrected chi connectivity index (χ3v) is 6.89. The highest BCUT2D eigenvalue weighted by Gasteiger charge is 2.51. The Morgan fingerprint density at radius 3 is 2.00 bits per heavy atom. The first-order valence-corrected chi connectivity index (χ1v) is 11.2. The fraction of sp³-hybridized carbons (Fsp3) is 0.842. The van der Waals surface area contributed by atoms with Crippen molar-refractivity contribution < 1.29 is 18.5 Å². The van der Waals surface area contributed by atoms with E-state index in [0.717, 1.165) is 5.82 Å². The van der Waals surface area contributed by atoms with Gasteiger partial charge in [0.25, 0.3) is 0 Å². The molecule has 0 amide bonds. The quantitative estimate of drug-likeness (QED) is 0.420. The summed E-state index contributed by atoms with van der Waals surface area (Å²) in [5, 5.41) is 1.79. The summed E-state index contributed by atoms with van der Waals surface area (Å²) in [4.78, 5) is 10.8. The van der Waals surface area contributed by atoms with Crippen LogP contribution >= 0.6 is 7.60 Å². The second-order valence-corrected chi connectivity index (χ2v) is 10.8. The molecule has 1 heterocycles. The fourth-order valence-corrected chi connectivity index (χ4v) is 5.75. The van der Waals surface area contributed by atoms with Crippen LogP contribution in [-0.4, -0.2) is 39.1 Å². The summed E-state index contributed by atoms with van der Waals surface area (Å²) < 4.78 is 27.2. The molecular formula is C19H38N3O4P. The predicted molar refractivity (Wildman–Crippen MR) is 108 cm³/mol. The summed E-state index contributed by atoms with van der Waals surface area (Å²) in [6.07, 6.45) is 3.29. The lowest BCUT2D eigenvalue weighted by Gasteiger charge is -2.48. The third kappa shape index (κ3) is 6.13. The molecule has 0 fully saturated rings. The standard InChI is InChI=1S/C19H38N3O4P/c1-11-24-27(23,25-12-2)17(18(4,5)6)22(19(7,8)9)26-15(3)16-20-13-14-21(16)10/h13-15,17H,11-12H2,1-10H3. The van der Waals surface area contributed by atoms with Crippen LogP contribution < -0.4 is 0 Å². The van der Waals surface area contributed by atoms with Crippen LogP contribution in [0.15, 0.2) is 12.4 Å². The third-order valence-electron chi connectivity index (χ3n) is 4.07. The van der Waals surface area contributed by atoms with Crippen LogP contribution in [0.2, 0.25) is 0 Å². The Labute approximate surface area is 164 Å². The number of aryl methyl sites for hydroxylation is 1. The zero-order valence-corrected chi connectivity index (χ0v) is 19.5. The Morgan fingerprint density at radius 2 is 1.67 bits per heavy atom. The molecule has 0 bridgehead atoms. The van der Waals surface area contributed by atoms with Crippen molar-refractivity contribution in [3.8, 4) is 0 Å². The van der Waals surface area contributed by atoms with E-state index in [-0.39, 0.29) is 6.10 Å². The van der Waals surface area contributed by atoms with Crippen molar-refractivity contribution in [2.24, 2.45) is 12.5 Å². The van der Waals surface area contributed by atoms with Crippen molar-refractivity contribution in [3.63, 3.8) is 0 Å². The molecule has 0 aromatic carbocycles. The van der Waals surface area contributed by atoms with Crippen molar-refractivity contribution in [2.45, 2.75) is 79.7 Å². The van der Waals surface area contributed by atoms with Crippen LogP contribution in [0.3, 0.4) is 0 Å². The van der Waals surface area contributed by atoms with Gasteiger partial charge in [-0.15, -0.1) is 0 Å². The predicted octanol–water partition coefficient (Wildman–Crippen LogP) is 5.15. The van der Waals surface area contributed by atoms with Gasteiger partial charge in [-0.25, -0.2) is 4.98 Å². The molecule has 0 saturated carbocycles. The molecule has 27 heavy (non-hydrogen) atoms. The molecule has 7 nitrogen and oxygen atoms in total. The monoisotopic (exact) mass is 403 g/mol. The molecule has 0 aliphatic heterocycles. The molecule has 0 aliphatic carbocycles. The maximum atomic E-state index is 13.8. The summed E-state index contributed by atoms with van der Waals surface area (Å²) in [6.45, 7) is 18.3. The van der Waals surface area contributed by atoms with Crippen molar-refractivity contribution in [1.82, 2.24) is 14.6 Å². The van der Waals surface area contributed by atoms with Crippen LogP contribution in [0.4, 0.5) is 0 Å². The summed E-state index contributed by atoms with van der Waals surface area (Å²) >= 11 is 0. The van der Waals surface area contributed by atoms with Gasteiger partial charge < -0.3 is 13.6 Å². The van der Waals surface area contributed by atoms with Crippen molar-refractivity contribution in [1.29, 1.82) is 0 Å². The highest BCUT2D eigenvalue weighted by atomic mass is 31.2. The van der Waals surface area contributed by atoms with E-state index in [4.69, 9.17) is 13.9 Å². The molecule has 0 spiro atoms. The maximum absolute atomic E-state index is 13.8. The number of hydrogen-bond donors (Lipinski definition) is 0. The lowest BCUT2D eigenvalue weighted by Crippen LogP contribution is -2.53. The first-order valence-electron chi connectivity index (χ1n) is 9.60. The Balaban J connectivity index is 3.41. The molecule has 0 N–H and O–H groups in total. The smallest absolute Gasteiger partial charge is 0.336 e. The van der Waals surface area contributed by atoms with Gasteiger partial charge in [0.05, 0.1) is 13.2 Å². The minimum absolute atomic E-state index is 0.302. The van der Waals surface area contributed by atoms with E-state index in [1.807, 2.05) is 80.1 Å². The Kier molecular flexibility index (Phi) is 8.27. The number of aromatic nitrogens is 2. The molecule has 0 saturated heterocycles. The van der Waals surface area contributed by atoms with E-state index in [9.17, 15) is 4.57 Å². The average molecular weight is 404 g/mol. The minimum atomic E-state index is -3.47. The Bertz CT molecular complexity index is 624. The molecule has 0 radical (unpaired) electrons. The van der Waals surface area contributed by atoms with Crippen molar-refractivity contribution in [3.05, 3.63) is 18.2 Å². The highest BCUT2D eigenvalue weighted by molar-refractivity contribution is 7.54. The number of hydrogen-bond acceptors (Lipinski definition) is 6. The number of imidazole rings is 1. The minimum Gasteiger partial charge on any atom is -0.336 e.